The largest absolute Gasteiger partial charge is 0.381 e. The highest BCUT2D eigenvalue weighted by atomic mass is 16.5. The smallest absolute Gasteiger partial charge is 0.257 e. The summed E-state index contributed by atoms with van der Waals surface area (Å²) >= 11 is 0. The van der Waals surface area contributed by atoms with E-state index < -0.39 is 0 Å². The fourth-order valence-corrected chi connectivity index (χ4v) is 3.87. The Labute approximate surface area is 130 Å². The zero-order valence-electron chi connectivity index (χ0n) is 13.4. The average Bonchev–Trinajstić information content (AvgIpc) is 2.93. The number of aryl methyl sites for hydroxylation is 1. The molecule has 6 nitrogen and oxygen atoms in total. The van der Waals surface area contributed by atoms with E-state index >= 15 is 0 Å². The van der Waals surface area contributed by atoms with Crippen LogP contribution in [0.25, 0.3) is 0 Å². The fraction of sp³-hybridized carbons (Fsp3) is 0.688. The highest BCUT2D eigenvalue weighted by molar-refractivity contribution is 5.95. The zero-order chi connectivity index (χ0) is 15.7. The van der Waals surface area contributed by atoms with E-state index in [4.69, 9.17) is 9.47 Å². The van der Waals surface area contributed by atoms with Gasteiger partial charge in [-0.2, -0.15) is 0 Å². The highest BCUT2D eigenvalue weighted by Gasteiger charge is 2.52. The summed E-state index contributed by atoms with van der Waals surface area (Å²) in [6.45, 7) is 2.55. The van der Waals surface area contributed by atoms with Gasteiger partial charge in [0.05, 0.1) is 29.0 Å². The Kier molecular flexibility index (Phi) is 4.14. The Morgan fingerprint density at radius 3 is 2.91 bits per heavy atom. The molecular formula is C16H23N3O3. The molecule has 22 heavy (non-hydrogen) atoms. The van der Waals surface area contributed by atoms with Crippen molar-refractivity contribution < 1.29 is 14.3 Å². The maximum atomic E-state index is 12.9. The van der Waals surface area contributed by atoms with Crippen LogP contribution in [0.1, 0.15) is 41.7 Å². The van der Waals surface area contributed by atoms with Crippen LogP contribution >= 0.6 is 0 Å². The van der Waals surface area contributed by atoms with Gasteiger partial charge in [-0.15, -0.1) is 0 Å². The Balaban J connectivity index is 1.88. The van der Waals surface area contributed by atoms with Gasteiger partial charge in [0.15, 0.2) is 0 Å². The number of aromatic nitrogens is 2. The minimum absolute atomic E-state index is 0.00113. The van der Waals surface area contributed by atoms with E-state index in [1.807, 2.05) is 11.8 Å². The number of fused-ring (bicyclic) bond motifs is 1. The van der Waals surface area contributed by atoms with E-state index in [2.05, 4.69) is 9.97 Å². The van der Waals surface area contributed by atoms with Gasteiger partial charge in [0, 0.05) is 27.0 Å². The van der Waals surface area contributed by atoms with Crippen molar-refractivity contribution in [3.63, 3.8) is 0 Å². The van der Waals surface area contributed by atoms with Crippen LogP contribution in [0.5, 0.6) is 0 Å². The van der Waals surface area contributed by atoms with Crippen LogP contribution in [0.15, 0.2) is 12.5 Å². The molecule has 120 valence electrons. The molecule has 2 fully saturated rings. The van der Waals surface area contributed by atoms with Crippen LogP contribution in [0.2, 0.25) is 0 Å². The molecule has 6 heteroatoms. The first kappa shape index (κ1) is 15.4. The molecule has 2 aliphatic rings. The summed E-state index contributed by atoms with van der Waals surface area (Å²) in [5.41, 5.74) is 1.07. The highest BCUT2D eigenvalue weighted by Crippen LogP contribution is 2.43. The molecule has 1 aliphatic heterocycles. The summed E-state index contributed by atoms with van der Waals surface area (Å²) in [4.78, 5) is 23.0. The van der Waals surface area contributed by atoms with Crippen molar-refractivity contribution in [2.75, 3.05) is 20.8 Å². The van der Waals surface area contributed by atoms with Crippen LogP contribution in [-0.2, 0) is 9.47 Å². The maximum Gasteiger partial charge on any atom is 0.257 e. The van der Waals surface area contributed by atoms with Crippen molar-refractivity contribution in [1.29, 1.82) is 0 Å². The molecule has 0 bridgehead atoms. The molecule has 1 aliphatic carbocycles. The number of hydrogen-bond donors (Lipinski definition) is 0. The molecule has 1 aromatic heterocycles. The van der Waals surface area contributed by atoms with Gasteiger partial charge in [0.1, 0.15) is 6.33 Å². The van der Waals surface area contributed by atoms with Gasteiger partial charge in [0.2, 0.25) is 0 Å². The van der Waals surface area contributed by atoms with Crippen molar-refractivity contribution in [3.8, 4) is 0 Å². The number of ether oxygens (including phenoxy) is 2. The van der Waals surface area contributed by atoms with Crippen LogP contribution in [0.4, 0.5) is 0 Å². The predicted octanol–water partition coefficient (Wildman–Crippen LogP) is 1.58. The number of methoxy groups -OCH3 is 2. The molecule has 3 atom stereocenters. The zero-order valence-corrected chi connectivity index (χ0v) is 13.4. The topological polar surface area (TPSA) is 64.6 Å². The number of hydrogen-bond acceptors (Lipinski definition) is 5. The summed E-state index contributed by atoms with van der Waals surface area (Å²) in [5, 5.41) is 0. The van der Waals surface area contributed by atoms with Crippen molar-refractivity contribution in [2.24, 2.45) is 0 Å². The predicted molar refractivity (Wildman–Crippen MR) is 80.6 cm³/mol. The number of carbonyl (C=O) groups excluding carboxylic acids is 1. The van der Waals surface area contributed by atoms with E-state index in [0.717, 1.165) is 25.7 Å². The first-order chi connectivity index (χ1) is 10.6. The molecule has 1 saturated heterocycles. The fourth-order valence-electron chi connectivity index (χ4n) is 3.87. The second-order valence-electron chi connectivity index (χ2n) is 6.19. The van der Waals surface area contributed by atoms with E-state index in [1.165, 1.54) is 6.33 Å². The SMILES string of the molecule is CO[C@@H]1CC[C@@]2(OC)CCN(C(=O)c3cncnc3C)[C@H]2C1. The normalized spacial score (nSPS) is 31.1. The molecule has 3 rings (SSSR count). The van der Waals surface area contributed by atoms with E-state index in [9.17, 15) is 4.79 Å². The molecule has 2 heterocycles. The van der Waals surface area contributed by atoms with E-state index in [-0.39, 0.29) is 23.7 Å². The number of rotatable bonds is 3. The quantitative estimate of drug-likeness (QED) is 0.848. The molecular weight excluding hydrogens is 282 g/mol. The standard InChI is InChI=1S/C16H23N3O3/c1-11-13(9-17-10-18-11)15(20)19-7-6-16(22-3)5-4-12(21-2)8-14(16)19/h9-10,12,14H,4-8H2,1-3H3/t12-,14+,16-/m1/s1. The molecule has 1 amide bonds. The lowest BCUT2D eigenvalue weighted by Crippen LogP contribution is -2.53. The first-order valence-electron chi connectivity index (χ1n) is 7.77. The summed E-state index contributed by atoms with van der Waals surface area (Å²) in [7, 11) is 3.49. The Bertz CT molecular complexity index is 565. The van der Waals surface area contributed by atoms with Crippen LogP contribution in [0, 0.1) is 6.92 Å². The van der Waals surface area contributed by atoms with Gasteiger partial charge in [0.25, 0.3) is 5.91 Å². The van der Waals surface area contributed by atoms with Crippen molar-refractivity contribution >= 4 is 5.91 Å². The van der Waals surface area contributed by atoms with Gasteiger partial charge in [-0.25, -0.2) is 9.97 Å². The third-order valence-electron chi connectivity index (χ3n) is 5.28. The second kappa shape index (κ2) is 5.93. The molecule has 0 unspecified atom stereocenters. The Morgan fingerprint density at radius 1 is 1.41 bits per heavy atom. The van der Waals surface area contributed by atoms with Crippen LogP contribution < -0.4 is 0 Å². The van der Waals surface area contributed by atoms with Gasteiger partial charge < -0.3 is 14.4 Å². The minimum Gasteiger partial charge on any atom is -0.381 e. The van der Waals surface area contributed by atoms with Crippen LogP contribution in [-0.4, -0.2) is 59.3 Å². The van der Waals surface area contributed by atoms with Crippen molar-refractivity contribution in [1.82, 2.24) is 14.9 Å². The second-order valence-corrected chi connectivity index (χ2v) is 6.19. The molecule has 1 aromatic rings. The molecule has 0 spiro atoms. The number of amides is 1. The van der Waals surface area contributed by atoms with Crippen molar-refractivity contribution in [3.05, 3.63) is 23.8 Å². The summed E-state index contributed by atoms with van der Waals surface area (Å²) in [6, 6.07) is 0.0586. The number of carbonyl (C=O) groups is 1. The average molecular weight is 305 g/mol. The monoisotopic (exact) mass is 305 g/mol. The minimum atomic E-state index is -0.228. The Morgan fingerprint density at radius 2 is 2.23 bits per heavy atom. The van der Waals surface area contributed by atoms with E-state index in [1.54, 1.807) is 20.4 Å². The van der Waals surface area contributed by atoms with Crippen molar-refractivity contribution in [2.45, 2.75) is 50.4 Å². The number of likely N-dealkylation sites (tertiary alicyclic amines) is 1. The molecule has 0 aromatic carbocycles. The lowest BCUT2D eigenvalue weighted by atomic mass is 9.79. The van der Waals surface area contributed by atoms with Gasteiger partial charge in [-0.3, -0.25) is 4.79 Å². The number of nitrogens with zero attached hydrogens (tertiary/aromatic N) is 3. The van der Waals surface area contributed by atoms with Gasteiger partial charge in [-0.1, -0.05) is 0 Å². The summed E-state index contributed by atoms with van der Waals surface area (Å²) in [5.74, 6) is -0.00113. The van der Waals surface area contributed by atoms with Gasteiger partial charge in [-0.05, 0) is 32.6 Å². The third-order valence-corrected chi connectivity index (χ3v) is 5.28. The first-order valence-corrected chi connectivity index (χ1v) is 7.77. The molecule has 0 N–H and O–H groups in total. The summed E-state index contributed by atoms with van der Waals surface area (Å²) in [6.07, 6.45) is 6.88. The van der Waals surface area contributed by atoms with Gasteiger partial charge >= 0.3 is 0 Å². The third kappa shape index (κ3) is 2.40. The molecule has 0 radical (unpaired) electrons. The maximum absolute atomic E-state index is 12.9. The lowest BCUT2D eigenvalue weighted by molar-refractivity contribution is -0.0893. The Hall–Kier alpha value is -1.53. The lowest BCUT2D eigenvalue weighted by Gasteiger charge is -2.43. The van der Waals surface area contributed by atoms with Crippen LogP contribution in [0.3, 0.4) is 0 Å². The molecule has 1 saturated carbocycles. The van der Waals surface area contributed by atoms with E-state index in [0.29, 0.717) is 17.8 Å². The summed E-state index contributed by atoms with van der Waals surface area (Å²) < 4.78 is 11.4.